The predicted molar refractivity (Wildman–Crippen MR) is 91.9 cm³/mol. The molecule has 2 aliphatic rings. The Labute approximate surface area is 139 Å². The van der Waals surface area contributed by atoms with Gasteiger partial charge in [-0.25, -0.2) is 8.42 Å². The van der Waals surface area contributed by atoms with Crippen LogP contribution < -0.4 is 4.31 Å². The Kier molecular flexibility index (Phi) is 4.14. The Morgan fingerprint density at radius 3 is 2.70 bits per heavy atom. The molecule has 23 heavy (non-hydrogen) atoms. The van der Waals surface area contributed by atoms with E-state index in [4.69, 9.17) is 5.26 Å². The van der Waals surface area contributed by atoms with E-state index in [1.807, 2.05) is 12.1 Å². The SMILES string of the molecule is CC(C)c1ccc2c(c1)CCCN2S(=O)(=O)CC1(CC#N)CC1. The summed E-state index contributed by atoms with van der Waals surface area (Å²) in [6.07, 6.45) is 3.85. The first kappa shape index (κ1) is 16.3. The van der Waals surface area contributed by atoms with Crippen molar-refractivity contribution in [2.45, 2.75) is 51.9 Å². The van der Waals surface area contributed by atoms with E-state index in [9.17, 15) is 8.42 Å². The van der Waals surface area contributed by atoms with E-state index in [0.717, 1.165) is 36.9 Å². The molecule has 1 aromatic rings. The number of nitrogens with zero attached hydrogens (tertiary/aromatic N) is 2. The van der Waals surface area contributed by atoms with Crippen LogP contribution in [-0.2, 0) is 16.4 Å². The summed E-state index contributed by atoms with van der Waals surface area (Å²) in [7, 11) is -3.36. The lowest BCUT2D eigenvalue weighted by molar-refractivity contribution is 0.542. The van der Waals surface area contributed by atoms with Gasteiger partial charge < -0.3 is 0 Å². The maximum atomic E-state index is 12.9. The van der Waals surface area contributed by atoms with Gasteiger partial charge in [0.05, 0.1) is 17.5 Å². The fraction of sp³-hybridized carbons (Fsp3) is 0.611. The van der Waals surface area contributed by atoms with Crippen LogP contribution in [0.5, 0.6) is 0 Å². The molecule has 3 rings (SSSR count). The highest BCUT2D eigenvalue weighted by molar-refractivity contribution is 7.92. The first-order valence-corrected chi connectivity index (χ1v) is 9.98. The Balaban J connectivity index is 1.89. The summed E-state index contributed by atoms with van der Waals surface area (Å²) < 4.78 is 27.4. The van der Waals surface area contributed by atoms with Crippen LogP contribution in [0.1, 0.15) is 56.6 Å². The maximum absolute atomic E-state index is 12.9. The van der Waals surface area contributed by atoms with Crippen LogP contribution in [0.4, 0.5) is 5.69 Å². The van der Waals surface area contributed by atoms with Crippen molar-refractivity contribution in [3.63, 3.8) is 0 Å². The normalized spacial score (nSPS) is 19.3. The van der Waals surface area contributed by atoms with Crippen molar-refractivity contribution < 1.29 is 8.42 Å². The predicted octanol–water partition coefficient (Wildman–Crippen LogP) is 3.59. The molecule has 1 aliphatic heterocycles. The van der Waals surface area contributed by atoms with Gasteiger partial charge >= 0.3 is 0 Å². The van der Waals surface area contributed by atoms with Gasteiger partial charge in [-0.05, 0) is 54.2 Å². The highest BCUT2D eigenvalue weighted by Gasteiger charge is 2.47. The van der Waals surface area contributed by atoms with Crippen LogP contribution in [0.25, 0.3) is 0 Å². The van der Waals surface area contributed by atoms with Crippen molar-refractivity contribution in [2.24, 2.45) is 5.41 Å². The van der Waals surface area contributed by atoms with Gasteiger partial charge in [0.15, 0.2) is 0 Å². The second-order valence-electron chi connectivity index (χ2n) is 7.31. The molecule has 4 nitrogen and oxygen atoms in total. The summed E-state index contributed by atoms with van der Waals surface area (Å²) >= 11 is 0. The largest absolute Gasteiger partial charge is 0.270 e. The van der Waals surface area contributed by atoms with Gasteiger partial charge in [0.2, 0.25) is 10.0 Å². The molecule has 124 valence electrons. The first-order valence-electron chi connectivity index (χ1n) is 8.37. The third kappa shape index (κ3) is 3.23. The Morgan fingerprint density at radius 2 is 2.09 bits per heavy atom. The molecule has 5 heteroatoms. The van der Waals surface area contributed by atoms with E-state index in [0.29, 0.717) is 18.9 Å². The molecule has 1 heterocycles. The summed E-state index contributed by atoms with van der Waals surface area (Å²) in [4.78, 5) is 0. The standard InChI is InChI=1S/C18H24N2O2S/c1-14(2)15-5-6-17-16(12-15)4-3-11-20(17)23(21,22)13-18(7-8-18)9-10-19/h5-6,12,14H,3-4,7-9,11,13H2,1-2H3. The summed E-state index contributed by atoms with van der Waals surface area (Å²) in [5.41, 5.74) is 2.94. The van der Waals surface area contributed by atoms with Crippen molar-refractivity contribution in [3.8, 4) is 6.07 Å². The lowest BCUT2D eigenvalue weighted by Gasteiger charge is -2.32. The monoisotopic (exact) mass is 332 g/mol. The van der Waals surface area contributed by atoms with Gasteiger partial charge in [0.25, 0.3) is 0 Å². The number of aryl methyl sites for hydroxylation is 1. The fourth-order valence-electron chi connectivity index (χ4n) is 3.41. The highest BCUT2D eigenvalue weighted by Crippen LogP contribution is 2.50. The molecule has 0 aromatic heterocycles. The number of fused-ring (bicyclic) bond motifs is 1. The zero-order chi connectivity index (χ0) is 16.7. The van der Waals surface area contributed by atoms with Crippen molar-refractivity contribution in [3.05, 3.63) is 29.3 Å². The molecule has 0 spiro atoms. The van der Waals surface area contributed by atoms with Crippen molar-refractivity contribution in [1.82, 2.24) is 0 Å². The minimum Gasteiger partial charge on any atom is -0.270 e. The van der Waals surface area contributed by atoms with Gasteiger partial charge in [-0.3, -0.25) is 4.31 Å². The van der Waals surface area contributed by atoms with E-state index in [2.05, 4.69) is 26.0 Å². The number of hydrogen-bond donors (Lipinski definition) is 0. The van der Waals surface area contributed by atoms with Gasteiger partial charge in [-0.1, -0.05) is 26.0 Å². The molecule has 1 fully saturated rings. The van der Waals surface area contributed by atoms with Gasteiger partial charge in [-0.15, -0.1) is 0 Å². The topological polar surface area (TPSA) is 61.2 Å². The number of hydrogen-bond acceptors (Lipinski definition) is 3. The molecule has 0 unspecified atom stereocenters. The van der Waals surface area contributed by atoms with Gasteiger partial charge in [-0.2, -0.15) is 5.26 Å². The maximum Gasteiger partial charge on any atom is 0.235 e. The molecule has 0 bridgehead atoms. The lowest BCUT2D eigenvalue weighted by atomic mass is 9.96. The number of sulfonamides is 1. The molecular formula is C18H24N2O2S. The fourth-order valence-corrected chi connectivity index (χ4v) is 5.62. The van der Waals surface area contributed by atoms with Gasteiger partial charge in [0.1, 0.15) is 0 Å². The van der Waals surface area contributed by atoms with E-state index in [-0.39, 0.29) is 11.2 Å². The second-order valence-corrected chi connectivity index (χ2v) is 9.20. The van der Waals surface area contributed by atoms with Crippen LogP contribution >= 0.6 is 0 Å². The molecular weight excluding hydrogens is 308 g/mol. The number of anilines is 1. The molecule has 1 saturated carbocycles. The number of benzene rings is 1. The van der Waals surface area contributed by atoms with E-state index in [1.165, 1.54) is 5.56 Å². The van der Waals surface area contributed by atoms with E-state index < -0.39 is 10.0 Å². The highest BCUT2D eigenvalue weighted by atomic mass is 32.2. The van der Waals surface area contributed by atoms with Crippen LogP contribution in [-0.4, -0.2) is 20.7 Å². The Bertz CT molecular complexity index is 743. The summed E-state index contributed by atoms with van der Waals surface area (Å²) in [5, 5.41) is 8.93. The average molecular weight is 332 g/mol. The second kappa shape index (κ2) is 5.83. The molecule has 0 amide bonds. The summed E-state index contributed by atoms with van der Waals surface area (Å²) in [6, 6.07) is 8.31. The molecule has 1 aliphatic carbocycles. The van der Waals surface area contributed by atoms with Gasteiger partial charge in [0, 0.05) is 13.0 Å². The number of nitriles is 1. The molecule has 0 atom stereocenters. The molecule has 0 radical (unpaired) electrons. The zero-order valence-corrected chi connectivity index (χ0v) is 14.7. The Hall–Kier alpha value is -1.54. The molecule has 0 saturated heterocycles. The van der Waals surface area contributed by atoms with E-state index in [1.54, 1.807) is 4.31 Å². The zero-order valence-electron chi connectivity index (χ0n) is 13.9. The number of rotatable bonds is 5. The van der Waals surface area contributed by atoms with Crippen molar-refractivity contribution in [1.29, 1.82) is 5.26 Å². The van der Waals surface area contributed by atoms with Crippen LogP contribution in [0.3, 0.4) is 0 Å². The van der Waals surface area contributed by atoms with E-state index >= 15 is 0 Å². The molecule has 1 aromatic carbocycles. The Morgan fingerprint density at radius 1 is 1.35 bits per heavy atom. The minimum absolute atomic E-state index is 0.110. The van der Waals surface area contributed by atoms with Crippen molar-refractivity contribution >= 4 is 15.7 Å². The van der Waals surface area contributed by atoms with Crippen LogP contribution in [0.2, 0.25) is 0 Å². The summed E-state index contributed by atoms with van der Waals surface area (Å²) in [6.45, 7) is 4.86. The third-order valence-corrected chi connectivity index (χ3v) is 7.11. The molecule has 0 N–H and O–H groups in total. The van der Waals surface area contributed by atoms with Crippen LogP contribution in [0.15, 0.2) is 18.2 Å². The minimum atomic E-state index is -3.36. The first-order chi connectivity index (χ1) is 10.9. The van der Waals surface area contributed by atoms with Crippen molar-refractivity contribution in [2.75, 3.05) is 16.6 Å². The van der Waals surface area contributed by atoms with Crippen LogP contribution in [0, 0.1) is 16.7 Å². The smallest absolute Gasteiger partial charge is 0.235 e. The average Bonchev–Trinajstić information content (AvgIpc) is 3.24. The lowest BCUT2D eigenvalue weighted by Crippen LogP contribution is -2.39. The quantitative estimate of drug-likeness (QED) is 0.828. The third-order valence-electron chi connectivity index (χ3n) is 5.08. The summed E-state index contributed by atoms with van der Waals surface area (Å²) in [5.74, 6) is 0.552.